The van der Waals surface area contributed by atoms with E-state index in [9.17, 15) is 5.11 Å². The number of anilines is 1. The van der Waals surface area contributed by atoms with Gasteiger partial charge < -0.3 is 15.2 Å². The SMILES string of the molecule is COc1cc(C#N)ccc1NC1CCc2c(O)cccc21. The van der Waals surface area contributed by atoms with Crippen molar-refractivity contribution < 1.29 is 9.84 Å². The number of nitrogens with zero attached hydrogens (tertiary/aromatic N) is 1. The second-order valence-corrected chi connectivity index (χ2v) is 5.11. The maximum absolute atomic E-state index is 9.90. The van der Waals surface area contributed by atoms with Crippen molar-refractivity contribution in [2.75, 3.05) is 12.4 Å². The third kappa shape index (κ3) is 2.38. The molecule has 1 unspecified atom stereocenters. The molecule has 21 heavy (non-hydrogen) atoms. The topological polar surface area (TPSA) is 65.3 Å². The van der Waals surface area contributed by atoms with Crippen LogP contribution in [0.15, 0.2) is 36.4 Å². The first-order chi connectivity index (χ1) is 10.2. The van der Waals surface area contributed by atoms with Crippen molar-refractivity contribution in [3.63, 3.8) is 0 Å². The van der Waals surface area contributed by atoms with Gasteiger partial charge in [0, 0.05) is 6.07 Å². The normalized spacial score (nSPS) is 16.1. The van der Waals surface area contributed by atoms with Crippen molar-refractivity contribution in [1.82, 2.24) is 0 Å². The molecule has 0 spiro atoms. The standard InChI is InChI=1S/C17H16N2O2/c1-21-17-9-11(10-18)5-7-15(17)19-14-8-6-13-12(14)3-2-4-16(13)20/h2-5,7,9,14,19-20H,6,8H2,1H3. The zero-order valence-electron chi connectivity index (χ0n) is 11.8. The summed E-state index contributed by atoms with van der Waals surface area (Å²) in [6.45, 7) is 0. The van der Waals surface area contributed by atoms with Crippen LogP contribution < -0.4 is 10.1 Å². The molecule has 1 aliphatic carbocycles. The number of hydrogen-bond acceptors (Lipinski definition) is 4. The van der Waals surface area contributed by atoms with Crippen LogP contribution in [0.1, 0.15) is 29.2 Å². The fourth-order valence-corrected chi connectivity index (χ4v) is 2.85. The molecule has 0 fully saturated rings. The minimum absolute atomic E-state index is 0.147. The van der Waals surface area contributed by atoms with Crippen LogP contribution in [0.25, 0.3) is 0 Å². The zero-order chi connectivity index (χ0) is 14.8. The van der Waals surface area contributed by atoms with E-state index in [1.807, 2.05) is 18.2 Å². The molecule has 2 aromatic rings. The van der Waals surface area contributed by atoms with Crippen molar-refractivity contribution in [1.29, 1.82) is 5.26 Å². The van der Waals surface area contributed by atoms with Crippen LogP contribution in [0.5, 0.6) is 11.5 Å². The first-order valence-corrected chi connectivity index (χ1v) is 6.88. The average molecular weight is 280 g/mol. The summed E-state index contributed by atoms with van der Waals surface area (Å²) in [5, 5.41) is 22.3. The van der Waals surface area contributed by atoms with Gasteiger partial charge in [0.2, 0.25) is 0 Å². The van der Waals surface area contributed by atoms with E-state index in [2.05, 4.69) is 11.4 Å². The molecule has 1 aliphatic rings. The molecule has 0 heterocycles. The molecule has 4 heteroatoms. The molecule has 0 bridgehead atoms. The van der Waals surface area contributed by atoms with E-state index in [-0.39, 0.29) is 6.04 Å². The van der Waals surface area contributed by atoms with Gasteiger partial charge >= 0.3 is 0 Å². The van der Waals surface area contributed by atoms with Crippen LogP contribution in [0.4, 0.5) is 5.69 Å². The van der Waals surface area contributed by atoms with E-state index in [4.69, 9.17) is 10.00 Å². The summed E-state index contributed by atoms with van der Waals surface area (Å²) in [7, 11) is 1.59. The monoisotopic (exact) mass is 280 g/mol. The van der Waals surface area contributed by atoms with Gasteiger partial charge in [-0.2, -0.15) is 5.26 Å². The lowest BCUT2D eigenvalue weighted by Gasteiger charge is -2.18. The maximum Gasteiger partial charge on any atom is 0.143 e. The summed E-state index contributed by atoms with van der Waals surface area (Å²) in [6.07, 6.45) is 1.79. The number of benzene rings is 2. The molecule has 0 saturated carbocycles. The van der Waals surface area contributed by atoms with E-state index in [1.54, 1.807) is 25.3 Å². The van der Waals surface area contributed by atoms with Crippen molar-refractivity contribution in [2.24, 2.45) is 0 Å². The first-order valence-electron chi connectivity index (χ1n) is 6.88. The number of ether oxygens (including phenoxy) is 1. The minimum Gasteiger partial charge on any atom is -0.508 e. The highest BCUT2D eigenvalue weighted by Crippen LogP contribution is 2.39. The zero-order valence-corrected chi connectivity index (χ0v) is 11.8. The van der Waals surface area contributed by atoms with Crippen molar-refractivity contribution >= 4 is 5.69 Å². The van der Waals surface area contributed by atoms with Gasteiger partial charge in [-0.3, -0.25) is 0 Å². The number of phenols is 1. The molecular weight excluding hydrogens is 264 g/mol. The molecular formula is C17H16N2O2. The van der Waals surface area contributed by atoms with Gasteiger partial charge in [0.1, 0.15) is 11.5 Å². The summed E-state index contributed by atoms with van der Waals surface area (Å²) in [5.41, 5.74) is 3.57. The van der Waals surface area contributed by atoms with Crippen molar-refractivity contribution in [3.8, 4) is 17.6 Å². The summed E-state index contributed by atoms with van der Waals surface area (Å²) < 4.78 is 5.35. The van der Waals surface area contributed by atoms with Gasteiger partial charge in [-0.15, -0.1) is 0 Å². The Bertz CT molecular complexity index is 719. The number of hydrogen-bond donors (Lipinski definition) is 2. The Labute approximate surface area is 123 Å². The fraction of sp³-hybridized carbons (Fsp3) is 0.235. The molecule has 106 valence electrons. The van der Waals surface area contributed by atoms with Crippen molar-refractivity contribution in [3.05, 3.63) is 53.1 Å². The highest BCUT2D eigenvalue weighted by atomic mass is 16.5. The van der Waals surface area contributed by atoms with Crippen LogP contribution in [0.3, 0.4) is 0 Å². The second kappa shape index (κ2) is 5.37. The van der Waals surface area contributed by atoms with E-state index >= 15 is 0 Å². The van der Waals surface area contributed by atoms with Gasteiger partial charge in [0.25, 0.3) is 0 Å². The fourth-order valence-electron chi connectivity index (χ4n) is 2.85. The molecule has 3 rings (SSSR count). The highest BCUT2D eigenvalue weighted by molar-refractivity contribution is 5.61. The molecule has 0 saturated heterocycles. The number of phenolic OH excluding ortho intramolecular Hbond substituents is 1. The van der Waals surface area contributed by atoms with Gasteiger partial charge in [-0.25, -0.2) is 0 Å². The van der Waals surface area contributed by atoms with Gasteiger partial charge in [0.05, 0.1) is 30.5 Å². The molecule has 0 aliphatic heterocycles. The Morgan fingerprint density at radius 1 is 1.33 bits per heavy atom. The smallest absolute Gasteiger partial charge is 0.143 e. The third-order valence-electron chi connectivity index (χ3n) is 3.91. The predicted molar refractivity (Wildman–Crippen MR) is 80.5 cm³/mol. The molecule has 0 amide bonds. The number of methoxy groups -OCH3 is 1. The highest BCUT2D eigenvalue weighted by Gasteiger charge is 2.25. The lowest BCUT2D eigenvalue weighted by molar-refractivity contribution is 0.416. The molecule has 1 atom stereocenters. The molecule has 0 radical (unpaired) electrons. The number of nitrogens with one attached hydrogen (secondary N) is 1. The molecule has 2 N–H and O–H groups in total. The first kappa shape index (κ1) is 13.3. The Morgan fingerprint density at radius 2 is 2.19 bits per heavy atom. The minimum atomic E-state index is 0.147. The van der Waals surface area contributed by atoms with E-state index in [0.717, 1.165) is 29.7 Å². The number of fused-ring (bicyclic) bond motifs is 1. The van der Waals surface area contributed by atoms with E-state index in [0.29, 0.717) is 17.1 Å². The van der Waals surface area contributed by atoms with Crippen molar-refractivity contribution in [2.45, 2.75) is 18.9 Å². The lowest BCUT2D eigenvalue weighted by atomic mass is 10.1. The van der Waals surface area contributed by atoms with Crippen LogP contribution in [0.2, 0.25) is 0 Å². The van der Waals surface area contributed by atoms with E-state index < -0.39 is 0 Å². The Balaban J connectivity index is 1.90. The summed E-state index contributed by atoms with van der Waals surface area (Å²) in [4.78, 5) is 0. The van der Waals surface area contributed by atoms with Gasteiger partial charge in [0.15, 0.2) is 0 Å². The number of aromatic hydroxyl groups is 1. The Morgan fingerprint density at radius 3 is 2.95 bits per heavy atom. The molecule has 4 nitrogen and oxygen atoms in total. The summed E-state index contributed by atoms with van der Waals surface area (Å²) in [6, 6.07) is 13.2. The number of rotatable bonds is 3. The Kier molecular flexibility index (Phi) is 3.41. The van der Waals surface area contributed by atoms with Crippen LogP contribution in [-0.2, 0) is 6.42 Å². The summed E-state index contributed by atoms with van der Waals surface area (Å²) >= 11 is 0. The predicted octanol–water partition coefficient (Wildman–Crippen LogP) is 3.37. The van der Waals surface area contributed by atoms with E-state index in [1.165, 1.54) is 0 Å². The second-order valence-electron chi connectivity index (χ2n) is 5.11. The molecule has 2 aromatic carbocycles. The lowest BCUT2D eigenvalue weighted by Crippen LogP contribution is -2.08. The quantitative estimate of drug-likeness (QED) is 0.904. The van der Waals surface area contributed by atoms with Gasteiger partial charge in [-0.1, -0.05) is 12.1 Å². The van der Waals surface area contributed by atoms with Crippen LogP contribution >= 0.6 is 0 Å². The van der Waals surface area contributed by atoms with Gasteiger partial charge in [-0.05, 0) is 42.2 Å². The Hall–Kier alpha value is -2.67. The maximum atomic E-state index is 9.90. The average Bonchev–Trinajstić information content (AvgIpc) is 2.92. The summed E-state index contributed by atoms with van der Waals surface area (Å²) in [5.74, 6) is 1.02. The van der Waals surface area contributed by atoms with Crippen LogP contribution in [-0.4, -0.2) is 12.2 Å². The molecule has 0 aromatic heterocycles. The largest absolute Gasteiger partial charge is 0.508 e. The number of nitriles is 1. The third-order valence-corrected chi connectivity index (χ3v) is 3.91. The van der Waals surface area contributed by atoms with Crippen LogP contribution in [0, 0.1) is 11.3 Å².